The van der Waals surface area contributed by atoms with Crippen LogP contribution in [0.4, 0.5) is 5.82 Å². The van der Waals surface area contributed by atoms with Gasteiger partial charge in [-0.15, -0.1) is 0 Å². The molecule has 0 aliphatic carbocycles. The first-order chi connectivity index (χ1) is 14.0. The lowest BCUT2D eigenvalue weighted by Gasteiger charge is -2.17. The first kappa shape index (κ1) is 20.4. The predicted molar refractivity (Wildman–Crippen MR) is 112 cm³/mol. The molecule has 0 bridgehead atoms. The lowest BCUT2D eigenvalue weighted by atomic mass is 10.0. The van der Waals surface area contributed by atoms with Gasteiger partial charge in [0.25, 0.3) is 0 Å². The SMILES string of the molecule is COc1ccccc1-c1cc(NC(=O)CC(NC(C)=O)c2ccc(Cl)cc2)n[nH]1. The van der Waals surface area contributed by atoms with Crippen molar-refractivity contribution in [2.24, 2.45) is 0 Å². The van der Waals surface area contributed by atoms with E-state index in [1.807, 2.05) is 24.3 Å². The third-order valence-electron chi connectivity index (χ3n) is 4.28. The molecule has 0 aliphatic heterocycles. The van der Waals surface area contributed by atoms with Crippen LogP contribution in [-0.4, -0.2) is 29.1 Å². The molecule has 150 valence electrons. The van der Waals surface area contributed by atoms with E-state index in [2.05, 4.69) is 20.8 Å². The number of H-pyrrole nitrogens is 1. The van der Waals surface area contributed by atoms with E-state index < -0.39 is 6.04 Å². The van der Waals surface area contributed by atoms with Crippen LogP contribution < -0.4 is 15.4 Å². The van der Waals surface area contributed by atoms with Crippen LogP contribution in [0, 0.1) is 0 Å². The molecule has 0 saturated carbocycles. The molecule has 1 unspecified atom stereocenters. The summed E-state index contributed by atoms with van der Waals surface area (Å²) in [7, 11) is 1.59. The number of anilines is 1. The zero-order valence-electron chi connectivity index (χ0n) is 16.0. The first-order valence-electron chi connectivity index (χ1n) is 8.97. The molecule has 1 heterocycles. The van der Waals surface area contributed by atoms with E-state index in [1.165, 1.54) is 6.92 Å². The highest BCUT2D eigenvalue weighted by Gasteiger charge is 2.18. The highest BCUT2D eigenvalue weighted by atomic mass is 35.5. The second-order valence-electron chi connectivity index (χ2n) is 6.42. The third-order valence-corrected chi connectivity index (χ3v) is 4.53. The molecule has 7 nitrogen and oxygen atoms in total. The van der Waals surface area contributed by atoms with Crippen LogP contribution >= 0.6 is 11.6 Å². The molecule has 3 aromatic rings. The quantitative estimate of drug-likeness (QED) is 0.547. The summed E-state index contributed by atoms with van der Waals surface area (Å²) in [4.78, 5) is 24.1. The molecule has 0 aliphatic rings. The molecule has 0 fully saturated rings. The normalized spacial score (nSPS) is 11.6. The van der Waals surface area contributed by atoms with Gasteiger partial charge in [0.05, 0.1) is 25.3 Å². The van der Waals surface area contributed by atoms with Crippen molar-refractivity contribution in [2.45, 2.75) is 19.4 Å². The van der Waals surface area contributed by atoms with Gasteiger partial charge in [0.1, 0.15) is 5.75 Å². The van der Waals surface area contributed by atoms with Gasteiger partial charge in [-0.2, -0.15) is 5.10 Å². The Morgan fingerprint density at radius 3 is 2.59 bits per heavy atom. The number of carbonyl (C=O) groups is 2. The number of methoxy groups -OCH3 is 1. The topological polar surface area (TPSA) is 96.1 Å². The minimum atomic E-state index is -0.475. The average molecular weight is 413 g/mol. The van der Waals surface area contributed by atoms with Crippen molar-refractivity contribution < 1.29 is 14.3 Å². The summed E-state index contributed by atoms with van der Waals surface area (Å²) in [5.41, 5.74) is 2.34. The Morgan fingerprint density at radius 1 is 1.17 bits per heavy atom. The maximum Gasteiger partial charge on any atom is 0.227 e. The van der Waals surface area contributed by atoms with Crippen LogP contribution in [0.3, 0.4) is 0 Å². The molecule has 29 heavy (non-hydrogen) atoms. The van der Waals surface area contributed by atoms with Gasteiger partial charge in [0, 0.05) is 23.6 Å². The standard InChI is InChI=1S/C21H21ClN4O3/c1-13(27)23-17(14-7-9-15(22)10-8-14)12-21(28)24-20-11-18(25-26-20)16-5-3-4-6-19(16)29-2/h3-11,17H,12H2,1-2H3,(H,23,27)(H2,24,25,26,28). The second-order valence-corrected chi connectivity index (χ2v) is 6.86. The number of ether oxygens (including phenoxy) is 1. The third kappa shape index (κ3) is 5.36. The first-order valence-corrected chi connectivity index (χ1v) is 9.35. The van der Waals surface area contributed by atoms with Crippen LogP contribution in [0.5, 0.6) is 5.75 Å². The number of nitrogens with one attached hydrogen (secondary N) is 3. The maximum atomic E-state index is 12.5. The molecule has 2 amide bonds. The minimum Gasteiger partial charge on any atom is -0.496 e. The number of aromatic nitrogens is 2. The number of nitrogens with zero attached hydrogens (tertiary/aromatic N) is 1. The van der Waals surface area contributed by atoms with Gasteiger partial charge in [-0.25, -0.2) is 0 Å². The number of rotatable bonds is 7. The van der Waals surface area contributed by atoms with Gasteiger partial charge in [-0.1, -0.05) is 35.9 Å². The zero-order valence-corrected chi connectivity index (χ0v) is 16.8. The Bertz CT molecular complexity index is 1000. The average Bonchev–Trinajstić information content (AvgIpc) is 3.15. The van der Waals surface area contributed by atoms with Gasteiger partial charge in [0.2, 0.25) is 11.8 Å². The summed E-state index contributed by atoms with van der Waals surface area (Å²) in [6.07, 6.45) is 0.0536. The van der Waals surface area contributed by atoms with Crippen LogP contribution in [0.2, 0.25) is 5.02 Å². The number of hydrogen-bond acceptors (Lipinski definition) is 4. The van der Waals surface area contributed by atoms with Crippen molar-refractivity contribution in [3.05, 3.63) is 65.2 Å². The largest absolute Gasteiger partial charge is 0.496 e. The fraction of sp³-hybridized carbons (Fsp3) is 0.190. The molecule has 3 rings (SSSR count). The van der Waals surface area contributed by atoms with E-state index in [-0.39, 0.29) is 18.2 Å². The van der Waals surface area contributed by atoms with Crippen molar-refractivity contribution in [2.75, 3.05) is 12.4 Å². The van der Waals surface area contributed by atoms with E-state index in [4.69, 9.17) is 16.3 Å². The fourth-order valence-electron chi connectivity index (χ4n) is 2.96. The van der Waals surface area contributed by atoms with Gasteiger partial charge < -0.3 is 15.4 Å². The summed E-state index contributed by atoms with van der Waals surface area (Å²) in [6.45, 7) is 1.41. The monoisotopic (exact) mass is 412 g/mol. The molecule has 8 heteroatoms. The van der Waals surface area contributed by atoms with Crippen LogP contribution in [0.15, 0.2) is 54.6 Å². The summed E-state index contributed by atoms with van der Waals surface area (Å²) < 4.78 is 5.35. The van der Waals surface area contributed by atoms with Gasteiger partial charge >= 0.3 is 0 Å². The smallest absolute Gasteiger partial charge is 0.227 e. The van der Waals surface area contributed by atoms with Gasteiger partial charge in [0.15, 0.2) is 5.82 Å². The lowest BCUT2D eigenvalue weighted by Crippen LogP contribution is -2.29. The van der Waals surface area contributed by atoms with E-state index in [0.29, 0.717) is 22.3 Å². The number of carbonyl (C=O) groups excluding carboxylic acids is 2. The lowest BCUT2D eigenvalue weighted by molar-refractivity contribution is -0.120. The predicted octanol–water partition coefficient (Wildman–Crippen LogP) is 3.94. The van der Waals surface area contributed by atoms with E-state index in [1.54, 1.807) is 37.4 Å². The van der Waals surface area contributed by atoms with Crippen molar-refractivity contribution in [1.82, 2.24) is 15.5 Å². The highest BCUT2D eigenvalue weighted by molar-refractivity contribution is 6.30. The van der Waals surface area contributed by atoms with Gasteiger partial charge in [-0.05, 0) is 29.8 Å². The maximum absolute atomic E-state index is 12.5. The van der Waals surface area contributed by atoms with Crippen LogP contribution in [0.1, 0.15) is 24.9 Å². The van der Waals surface area contributed by atoms with E-state index in [9.17, 15) is 9.59 Å². The summed E-state index contributed by atoms with van der Waals surface area (Å²) in [5.74, 6) is 0.573. The molecule has 0 radical (unpaired) electrons. The number of halogens is 1. The number of aromatic amines is 1. The van der Waals surface area contributed by atoms with Crippen molar-refractivity contribution in [1.29, 1.82) is 0 Å². The van der Waals surface area contributed by atoms with E-state index in [0.717, 1.165) is 11.1 Å². The zero-order chi connectivity index (χ0) is 20.8. The molecule has 1 atom stereocenters. The van der Waals surface area contributed by atoms with Crippen molar-refractivity contribution >= 4 is 29.2 Å². The Labute approximate surface area is 173 Å². The Balaban J connectivity index is 1.71. The highest BCUT2D eigenvalue weighted by Crippen LogP contribution is 2.29. The van der Waals surface area contributed by atoms with Crippen molar-refractivity contribution in [3.8, 4) is 17.0 Å². The van der Waals surface area contributed by atoms with Crippen molar-refractivity contribution in [3.63, 3.8) is 0 Å². The summed E-state index contributed by atoms with van der Waals surface area (Å²) in [5, 5.41) is 13.2. The molecule has 2 aromatic carbocycles. The molecule has 0 spiro atoms. The number of benzene rings is 2. The molecule has 1 aromatic heterocycles. The second kappa shape index (κ2) is 9.25. The fourth-order valence-corrected chi connectivity index (χ4v) is 3.09. The Kier molecular flexibility index (Phi) is 6.51. The molecular weight excluding hydrogens is 392 g/mol. The molecule has 3 N–H and O–H groups in total. The molecule has 0 saturated heterocycles. The number of para-hydroxylation sites is 1. The summed E-state index contributed by atoms with van der Waals surface area (Å²) in [6, 6.07) is 15.8. The summed E-state index contributed by atoms with van der Waals surface area (Å²) >= 11 is 5.92. The van der Waals surface area contributed by atoms with Crippen LogP contribution in [-0.2, 0) is 9.59 Å². The Morgan fingerprint density at radius 2 is 1.90 bits per heavy atom. The Hall–Kier alpha value is -3.32. The van der Waals surface area contributed by atoms with Crippen LogP contribution in [0.25, 0.3) is 11.3 Å². The number of amides is 2. The van der Waals surface area contributed by atoms with Gasteiger partial charge in [-0.3, -0.25) is 14.7 Å². The van der Waals surface area contributed by atoms with E-state index >= 15 is 0 Å². The minimum absolute atomic E-state index is 0.0536. The number of hydrogen-bond donors (Lipinski definition) is 3. The molecular formula is C21H21ClN4O3.